The van der Waals surface area contributed by atoms with Gasteiger partial charge in [0.25, 0.3) is 0 Å². The van der Waals surface area contributed by atoms with Crippen molar-refractivity contribution in [2.45, 2.75) is 38.6 Å². The molecule has 3 nitrogen and oxygen atoms in total. The Morgan fingerprint density at radius 2 is 2.05 bits per heavy atom. The normalized spacial score (nSPS) is 28.4. The van der Waals surface area contributed by atoms with Crippen molar-refractivity contribution in [1.82, 2.24) is 0 Å². The lowest BCUT2D eigenvalue weighted by Gasteiger charge is -2.36. The van der Waals surface area contributed by atoms with E-state index >= 15 is 0 Å². The van der Waals surface area contributed by atoms with Crippen molar-refractivity contribution < 1.29 is 14.6 Å². The second kappa shape index (κ2) is 6.46. The number of rotatable bonds is 5. The van der Waals surface area contributed by atoms with Gasteiger partial charge in [-0.3, -0.25) is 0 Å². The summed E-state index contributed by atoms with van der Waals surface area (Å²) in [5.74, 6) is 1.10. The third-order valence-corrected chi connectivity index (χ3v) is 4.03. The zero-order valence-corrected chi connectivity index (χ0v) is 13.0. The molecule has 0 heterocycles. The largest absolute Gasteiger partial charge is 0.497 e. The van der Waals surface area contributed by atoms with Gasteiger partial charge >= 0.3 is 0 Å². The molecule has 0 fully saturated rings. The van der Waals surface area contributed by atoms with Gasteiger partial charge in [-0.1, -0.05) is 36.4 Å². The molecule has 1 aliphatic rings. The lowest BCUT2D eigenvalue weighted by atomic mass is 9.81. The molecule has 0 amide bonds. The van der Waals surface area contributed by atoms with Crippen LogP contribution >= 0.6 is 0 Å². The van der Waals surface area contributed by atoms with Gasteiger partial charge in [-0.15, -0.1) is 0 Å². The van der Waals surface area contributed by atoms with E-state index in [0.717, 1.165) is 23.3 Å². The Kier molecular flexibility index (Phi) is 4.86. The molecule has 1 aliphatic carbocycles. The van der Waals surface area contributed by atoms with Crippen LogP contribution in [0.3, 0.4) is 0 Å². The van der Waals surface area contributed by atoms with E-state index in [9.17, 15) is 5.11 Å². The average Bonchev–Trinajstić information content (AvgIpc) is 2.46. The van der Waals surface area contributed by atoms with Gasteiger partial charge in [0.05, 0.1) is 19.8 Å². The van der Waals surface area contributed by atoms with E-state index in [1.807, 2.05) is 43.3 Å². The summed E-state index contributed by atoms with van der Waals surface area (Å²) in [5.41, 5.74) is 1.23. The number of aliphatic hydroxyl groups is 1. The van der Waals surface area contributed by atoms with E-state index in [-0.39, 0.29) is 12.0 Å². The zero-order chi connectivity index (χ0) is 15.5. The smallest absolute Gasteiger partial charge is 0.118 e. The van der Waals surface area contributed by atoms with Gasteiger partial charge in [0.15, 0.2) is 0 Å². The molecule has 1 N–H and O–H groups in total. The number of benzene rings is 1. The molecule has 3 unspecified atom stereocenters. The lowest BCUT2D eigenvalue weighted by molar-refractivity contribution is -0.0900. The van der Waals surface area contributed by atoms with Gasteiger partial charge in [-0.25, -0.2) is 0 Å². The standard InChI is InChI=1S/C18H24O3/c1-13(2)15-9-10-18(3,19)17(11-15)21-12-14-5-7-16(20-4)8-6-14/h5-10,15,17,19H,1,11-12H2,2-4H3. The molecule has 0 aromatic heterocycles. The highest BCUT2D eigenvalue weighted by Crippen LogP contribution is 2.32. The first kappa shape index (κ1) is 15.8. The molecule has 0 saturated heterocycles. The Morgan fingerprint density at radius 3 is 2.62 bits per heavy atom. The highest BCUT2D eigenvalue weighted by Gasteiger charge is 2.35. The van der Waals surface area contributed by atoms with Crippen LogP contribution in [0.25, 0.3) is 0 Å². The van der Waals surface area contributed by atoms with Crippen LogP contribution in [0.2, 0.25) is 0 Å². The fourth-order valence-corrected chi connectivity index (χ4v) is 2.49. The lowest BCUT2D eigenvalue weighted by Crippen LogP contribution is -2.43. The zero-order valence-electron chi connectivity index (χ0n) is 13.0. The van der Waals surface area contributed by atoms with Gasteiger partial charge in [-0.2, -0.15) is 0 Å². The molecule has 0 bridgehead atoms. The van der Waals surface area contributed by atoms with Gasteiger partial charge in [-0.05, 0) is 43.9 Å². The summed E-state index contributed by atoms with van der Waals surface area (Å²) in [6.07, 6.45) is 4.38. The van der Waals surface area contributed by atoms with E-state index in [2.05, 4.69) is 6.58 Å². The summed E-state index contributed by atoms with van der Waals surface area (Å²) in [6, 6.07) is 7.77. The molecule has 2 rings (SSSR count). The molecule has 0 saturated carbocycles. The van der Waals surface area contributed by atoms with E-state index < -0.39 is 5.60 Å². The van der Waals surface area contributed by atoms with E-state index in [1.165, 1.54) is 0 Å². The first-order valence-corrected chi connectivity index (χ1v) is 7.24. The van der Waals surface area contributed by atoms with Crippen molar-refractivity contribution in [2.75, 3.05) is 7.11 Å². The Hall–Kier alpha value is -1.58. The van der Waals surface area contributed by atoms with E-state index in [0.29, 0.717) is 6.61 Å². The van der Waals surface area contributed by atoms with Crippen LogP contribution in [-0.2, 0) is 11.3 Å². The van der Waals surface area contributed by atoms with Crippen LogP contribution in [0.15, 0.2) is 48.6 Å². The molecule has 3 atom stereocenters. The minimum absolute atomic E-state index is 0.230. The predicted molar refractivity (Wildman–Crippen MR) is 84.3 cm³/mol. The van der Waals surface area contributed by atoms with Crippen molar-refractivity contribution in [1.29, 1.82) is 0 Å². The first-order chi connectivity index (χ1) is 9.92. The highest BCUT2D eigenvalue weighted by molar-refractivity contribution is 5.27. The second-order valence-electron chi connectivity index (χ2n) is 5.92. The number of methoxy groups -OCH3 is 1. The van der Waals surface area contributed by atoms with Crippen LogP contribution < -0.4 is 4.74 Å². The first-order valence-electron chi connectivity index (χ1n) is 7.24. The third-order valence-electron chi connectivity index (χ3n) is 4.03. The minimum atomic E-state index is -0.932. The molecule has 0 radical (unpaired) electrons. The maximum atomic E-state index is 10.4. The van der Waals surface area contributed by atoms with E-state index in [4.69, 9.17) is 9.47 Å². The average molecular weight is 288 g/mol. The van der Waals surface area contributed by atoms with Crippen LogP contribution in [0.1, 0.15) is 25.8 Å². The Morgan fingerprint density at radius 1 is 1.38 bits per heavy atom. The molecule has 0 aliphatic heterocycles. The molecule has 114 valence electrons. The maximum absolute atomic E-state index is 10.4. The van der Waals surface area contributed by atoms with E-state index in [1.54, 1.807) is 14.0 Å². The van der Waals surface area contributed by atoms with Crippen molar-refractivity contribution in [3.8, 4) is 5.75 Å². The molecular formula is C18H24O3. The predicted octanol–water partition coefficient (Wildman–Crippen LogP) is 3.48. The Bertz CT molecular complexity index is 514. The minimum Gasteiger partial charge on any atom is -0.497 e. The van der Waals surface area contributed by atoms with Crippen molar-refractivity contribution >= 4 is 0 Å². The highest BCUT2D eigenvalue weighted by atomic mass is 16.5. The number of allylic oxidation sites excluding steroid dienone is 2. The SMILES string of the molecule is C=C(C)C1C=CC(C)(O)C(OCc2ccc(OC)cc2)C1. The number of hydrogen-bond donors (Lipinski definition) is 1. The van der Waals surface area contributed by atoms with Crippen LogP contribution in [-0.4, -0.2) is 23.9 Å². The van der Waals surface area contributed by atoms with Crippen molar-refractivity contribution in [2.24, 2.45) is 5.92 Å². The van der Waals surface area contributed by atoms with Gasteiger partial charge in [0.2, 0.25) is 0 Å². The van der Waals surface area contributed by atoms with Gasteiger partial charge < -0.3 is 14.6 Å². The van der Waals surface area contributed by atoms with Crippen molar-refractivity contribution in [3.63, 3.8) is 0 Å². The monoisotopic (exact) mass is 288 g/mol. The summed E-state index contributed by atoms with van der Waals surface area (Å²) < 4.78 is 11.1. The summed E-state index contributed by atoms with van der Waals surface area (Å²) in [5, 5.41) is 10.4. The summed E-state index contributed by atoms with van der Waals surface area (Å²) in [6.45, 7) is 8.27. The number of ether oxygens (including phenoxy) is 2. The molecule has 1 aromatic carbocycles. The topological polar surface area (TPSA) is 38.7 Å². The van der Waals surface area contributed by atoms with Crippen LogP contribution in [0, 0.1) is 5.92 Å². The Balaban J connectivity index is 2.00. The maximum Gasteiger partial charge on any atom is 0.118 e. The fraction of sp³-hybridized carbons (Fsp3) is 0.444. The van der Waals surface area contributed by atoms with Gasteiger partial charge in [0.1, 0.15) is 11.4 Å². The van der Waals surface area contributed by atoms with Gasteiger partial charge in [0, 0.05) is 0 Å². The molecule has 21 heavy (non-hydrogen) atoms. The molecule has 0 spiro atoms. The molecule has 1 aromatic rings. The van der Waals surface area contributed by atoms with Crippen molar-refractivity contribution in [3.05, 3.63) is 54.1 Å². The quantitative estimate of drug-likeness (QED) is 0.843. The third kappa shape index (κ3) is 3.96. The Labute approximate surface area is 126 Å². The summed E-state index contributed by atoms with van der Waals surface area (Å²) >= 11 is 0. The molecular weight excluding hydrogens is 264 g/mol. The van der Waals surface area contributed by atoms with Crippen LogP contribution in [0.4, 0.5) is 0 Å². The fourth-order valence-electron chi connectivity index (χ4n) is 2.49. The summed E-state index contributed by atoms with van der Waals surface area (Å²) in [4.78, 5) is 0. The van der Waals surface area contributed by atoms with Crippen LogP contribution in [0.5, 0.6) is 5.75 Å². The summed E-state index contributed by atoms with van der Waals surface area (Å²) in [7, 11) is 1.65. The second-order valence-corrected chi connectivity index (χ2v) is 5.92. The number of hydrogen-bond acceptors (Lipinski definition) is 3. The molecule has 3 heteroatoms.